The van der Waals surface area contributed by atoms with Crippen molar-refractivity contribution in [1.29, 1.82) is 0 Å². The van der Waals surface area contributed by atoms with Gasteiger partial charge in [0.25, 0.3) is 0 Å². The molecule has 0 bridgehead atoms. The van der Waals surface area contributed by atoms with Crippen LogP contribution in [-0.4, -0.2) is 27.2 Å². The summed E-state index contributed by atoms with van der Waals surface area (Å²) in [6, 6.07) is 0. The van der Waals surface area contributed by atoms with E-state index in [-0.39, 0.29) is 12.6 Å². The van der Waals surface area contributed by atoms with Crippen molar-refractivity contribution < 1.29 is 17.9 Å². The molecule has 0 aliphatic rings. The predicted molar refractivity (Wildman–Crippen MR) is 59.7 cm³/mol. The van der Waals surface area contributed by atoms with Gasteiger partial charge in [-0.15, -0.1) is 12.3 Å². The summed E-state index contributed by atoms with van der Waals surface area (Å²) in [6.07, 6.45) is 4.60. The molecule has 0 aliphatic heterocycles. The number of carbonyl (C=O) groups excluding carboxylic acids is 1. The minimum atomic E-state index is -3.85. The van der Waals surface area contributed by atoms with Gasteiger partial charge < -0.3 is 4.74 Å². The fourth-order valence-corrected chi connectivity index (χ4v) is 1.53. The summed E-state index contributed by atoms with van der Waals surface area (Å²) in [6.45, 7) is 3.41. The van der Waals surface area contributed by atoms with Gasteiger partial charge in [-0.3, -0.25) is 0 Å². The van der Waals surface area contributed by atoms with Crippen molar-refractivity contribution in [2.45, 2.75) is 32.8 Å². The van der Waals surface area contributed by atoms with E-state index in [1.54, 1.807) is 18.6 Å². The molecule has 92 valence electrons. The Kier molecular flexibility index (Phi) is 6.53. The van der Waals surface area contributed by atoms with Gasteiger partial charge in [0.15, 0.2) is 0 Å². The van der Waals surface area contributed by atoms with Crippen LogP contribution in [0.5, 0.6) is 0 Å². The second kappa shape index (κ2) is 7.09. The second-order valence-electron chi connectivity index (χ2n) is 3.26. The van der Waals surface area contributed by atoms with Crippen LogP contribution >= 0.6 is 0 Å². The standard InChI is InChI=1S/C9H16N2O4S/c1-4-5-6-7-10-16(13,14)11-9(12)15-8(2)3/h1,8,10H,5-7H2,2-3H3,(H,11,12). The maximum absolute atomic E-state index is 11.2. The highest BCUT2D eigenvalue weighted by atomic mass is 32.2. The third-order valence-corrected chi connectivity index (χ3v) is 2.37. The smallest absolute Gasteiger partial charge is 0.422 e. The van der Waals surface area contributed by atoms with E-state index in [0.29, 0.717) is 12.8 Å². The Balaban J connectivity index is 3.96. The van der Waals surface area contributed by atoms with Crippen molar-refractivity contribution in [2.24, 2.45) is 0 Å². The number of hydrogen-bond acceptors (Lipinski definition) is 4. The van der Waals surface area contributed by atoms with Gasteiger partial charge in [0.2, 0.25) is 0 Å². The number of nitrogens with one attached hydrogen (secondary N) is 2. The summed E-state index contributed by atoms with van der Waals surface area (Å²) in [4.78, 5) is 11.0. The molecule has 0 aromatic carbocycles. The highest BCUT2D eigenvalue weighted by Gasteiger charge is 2.15. The van der Waals surface area contributed by atoms with Gasteiger partial charge in [0.1, 0.15) is 0 Å². The third kappa shape index (κ3) is 8.08. The summed E-state index contributed by atoms with van der Waals surface area (Å²) >= 11 is 0. The Labute approximate surface area is 95.9 Å². The molecule has 0 heterocycles. The summed E-state index contributed by atoms with van der Waals surface area (Å²) in [7, 11) is -3.85. The van der Waals surface area contributed by atoms with Crippen LogP contribution in [-0.2, 0) is 14.9 Å². The average Bonchev–Trinajstić information content (AvgIpc) is 2.10. The third-order valence-electron chi connectivity index (χ3n) is 1.35. The molecule has 0 atom stereocenters. The molecule has 16 heavy (non-hydrogen) atoms. The van der Waals surface area contributed by atoms with Crippen LogP contribution in [0.15, 0.2) is 0 Å². The lowest BCUT2D eigenvalue weighted by atomic mass is 10.3. The zero-order valence-corrected chi connectivity index (χ0v) is 10.1. The van der Waals surface area contributed by atoms with E-state index in [0.717, 1.165) is 0 Å². The first-order valence-electron chi connectivity index (χ1n) is 4.79. The van der Waals surface area contributed by atoms with Gasteiger partial charge in [0, 0.05) is 13.0 Å². The minimum absolute atomic E-state index is 0.175. The summed E-state index contributed by atoms with van der Waals surface area (Å²) in [5.41, 5.74) is 0. The van der Waals surface area contributed by atoms with E-state index in [9.17, 15) is 13.2 Å². The van der Waals surface area contributed by atoms with Crippen LogP contribution in [0.1, 0.15) is 26.7 Å². The van der Waals surface area contributed by atoms with E-state index >= 15 is 0 Å². The summed E-state index contributed by atoms with van der Waals surface area (Å²) < 4.78 is 30.9. The van der Waals surface area contributed by atoms with Crippen LogP contribution in [0, 0.1) is 12.3 Å². The molecule has 2 N–H and O–H groups in total. The largest absolute Gasteiger partial charge is 0.446 e. The monoisotopic (exact) mass is 248 g/mol. The van der Waals surface area contributed by atoms with E-state index in [2.05, 4.69) is 15.4 Å². The number of carbonyl (C=O) groups is 1. The second-order valence-corrected chi connectivity index (χ2v) is 4.76. The van der Waals surface area contributed by atoms with Crippen molar-refractivity contribution in [3.05, 3.63) is 0 Å². The molecule has 0 spiro atoms. The van der Waals surface area contributed by atoms with Gasteiger partial charge in [-0.1, -0.05) is 0 Å². The fourth-order valence-electron chi connectivity index (χ4n) is 0.781. The topological polar surface area (TPSA) is 84.5 Å². The number of ether oxygens (including phenoxy) is 1. The molecule has 0 aliphatic carbocycles. The number of rotatable bonds is 6. The molecular weight excluding hydrogens is 232 g/mol. The predicted octanol–water partition coefficient (Wildman–Crippen LogP) is 0.369. The van der Waals surface area contributed by atoms with Crippen LogP contribution in [0.4, 0.5) is 4.79 Å². The van der Waals surface area contributed by atoms with Crippen molar-refractivity contribution in [3.63, 3.8) is 0 Å². The number of unbranched alkanes of at least 4 members (excludes halogenated alkanes) is 1. The lowest BCUT2D eigenvalue weighted by molar-refractivity contribution is 0.121. The lowest BCUT2D eigenvalue weighted by Crippen LogP contribution is -2.41. The van der Waals surface area contributed by atoms with E-state index < -0.39 is 16.3 Å². The molecule has 0 saturated heterocycles. The van der Waals surface area contributed by atoms with Gasteiger partial charge in [-0.05, 0) is 20.3 Å². The van der Waals surface area contributed by atoms with Crippen LogP contribution in [0.2, 0.25) is 0 Å². The average molecular weight is 248 g/mol. The molecule has 1 amide bonds. The summed E-state index contributed by atoms with van der Waals surface area (Å²) in [5.74, 6) is 2.37. The van der Waals surface area contributed by atoms with E-state index in [1.807, 2.05) is 0 Å². The van der Waals surface area contributed by atoms with E-state index in [1.165, 1.54) is 0 Å². The Hall–Kier alpha value is -1.26. The van der Waals surface area contributed by atoms with Gasteiger partial charge in [-0.25, -0.2) is 9.52 Å². The summed E-state index contributed by atoms with van der Waals surface area (Å²) in [5, 5.41) is 0. The maximum Gasteiger partial charge on any atom is 0.422 e. The zero-order chi connectivity index (χ0) is 12.6. The molecule has 7 heteroatoms. The van der Waals surface area contributed by atoms with Crippen molar-refractivity contribution in [2.75, 3.05) is 6.54 Å². The number of hydrogen-bond donors (Lipinski definition) is 2. The van der Waals surface area contributed by atoms with Crippen LogP contribution in [0.3, 0.4) is 0 Å². The van der Waals surface area contributed by atoms with Crippen LogP contribution < -0.4 is 9.44 Å². The minimum Gasteiger partial charge on any atom is -0.446 e. The molecule has 6 nitrogen and oxygen atoms in total. The first kappa shape index (κ1) is 14.7. The normalized spacial score (nSPS) is 10.9. The molecule has 0 aromatic rings. The molecular formula is C9H16N2O4S. The Morgan fingerprint density at radius 3 is 2.62 bits per heavy atom. The molecule has 0 radical (unpaired) electrons. The highest BCUT2D eigenvalue weighted by Crippen LogP contribution is 1.90. The Morgan fingerprint density at radius 1 is 1.50 bits per heavy atom. The molecule has 0 rings (SSSR count). The number of terminal acetylenes is 1. The van der Waals surface area contributed by atoms with Crippen molar-refractivity contribution in [3.8, 4) is 12.3 Å². The molecule has 0 saturated carbocycles. The maximum atomic E-state index is 11.2. The van der Waals surface area contributed by atoms with E-state index in [4.69, 9.17) is 6.42 Å². The Bertz CT molecular complexity index is 356. The van der Waals surface area contributed by atoms with Gasteiger partial charge in [-0.2, -0.15) is 13.1 Å². The quantitative estimate of drug-likeness (QED) is 0.525. The fraction of sp³-hybridized carbons (Fsp3) is 0.667. The molecule has 0 fully saturated rings. The SMILES string of the molecule is C#CCCCNS(=O)(=O)NC(=O)OC(C)C. The zero-order valence-electron chi connectivity index (χ0n) is 9.32. The Morgan fingerprint density at radius 2 is 2.12 bits per heavy atom. The van der Waals surface area contributed by atoms with Gasteiger partial charge >= 0.3 is 16.3 Å². The van der Waals surface area contributed by atoms with Gasteiger partial charge in [0.05, 0.1) is 6.10 Å². The molecule has 0 unspecified atom stereocenters. The number of amides is 1. The lowest BCUT2D eigenvalue weighted by Gasteiger charge is -2.10. The first-order valence-corrected chi connectivity index (χ1v) is 6.27. The highest BCUT2D eigenvalue weighted by molar-refractivity contribution is 7.88. The van der Waals surface area contributed by atoms with Crippen LogP contribution in [0.25, 0.3) is 0 Å². The van der Waals surface area contributed by atoms with Crippen molar-refractivity contribution in [1.82, 2.24) is 9.44 Å². The molecule has 0 aromatic heterocycles. The van der Waals surface area contributed by atoms with Crippen molar-refractivity contribution >= 4 is 16.3 Å². The first-order chi connectivity index (χ1) is 7.37.